The molecule has 1 aliphatic rings. The second-order valence-corrected chi connectivity index (χ2v) is 8.77. The lowest BCUT2D eigenvalue weighted by atomic mass is 10.1. The molecular weight excluding hydrogens is 450 g/mol. The second kappa shape index (κ2) is 10.5. The molecule has 0 saturated carbocycles. The van der Waals surface area contributed by atoms with Gasteiger partial charge in [0.25, 0.3) is 5.91 Å². The predicted molar refractivity (Wildman–Crippen MR) is 140 cm³/mol. The van der Waals surface area contributed by atoms with Gasteiger partial charge in [0.1, 0.15) is 5.76 Å². The SMILES string of the molecule is Cc1cccc(CN(C(=O)c2ccc(-c3ccc(C#N)cc3)o2)c2ccc(N3CCNCC3)cc2)n1. The number of aromatic nitrogens is 1. The minimum atomic E-state index is -0.242. The summed E-state index contributed by atoms with van der Waals surface area (Å²) >= 11 is 0. The van der Waals surface area contributed by atoms with E-state index in [0.717, 1.165) is 54.5 Å². The summed E-state index contributed by atoms with van der Waals surface area (Å²) in [6.07, 6.45) is 0. The zero-order valence-corrected chi connectivity index (χ0v) is 20.1. The molecule has 1 fully saturated rings. The molecule has 0 bridgehead atoms. The zero-order valence-electron chi connectivity index (χ0n) is 20.1. The summed E-state index contributed by atoms with van der Waals surface area (Å²) in [6.45, 7) is 6.10. The lowest BCUT2D eigenvalue weighted by molar-refractivity contribution is 0.0959. The lowest BCUT2D eigenvalue weighted by Gasteiger charge is -2.30. The van der Waals surface area contributed by atoms with Crippen LogP contribution in [0.15, 0.2) is 83.3 Å². The van der Waals surface area contributed by atoms with Crippen LogP contribution in [0.25, 0.3) is 11.3 Å². The van der Waals surface area contributed by atoms with Gasteiger partial charge in [-0.25, -0.2) is 0 Å². The van der Waals surface area contributed by atoms with E-state index in [1.54, 1.807) is 29.2 Å². The normalized spacial score (nSPS) is 13.3. The molecule has 2 aromatic heterocycles. The van der Waals surface area contributed by atoms with Crippen molar-refractivity contribution in [3.05, 3.63) is 102 Å². The van der Waals surface area contributed by atoms with Crippen LogP contribution >= 0.6 is 0 Å². The van der Waals surface area contributed by atoms with Gasteiger partial charge in [0.15, 0.2) is 5.76 Å². The highest BCUT2D eigenvalue weighted by molar-refractivity contribution is 6.04. The number of rotatable bonds is 6. The first kappa shape index (κ1) is 23.3. The number of nitriles is 1. The smallest absolute Gasteiger partial charge is 0.294 e. The highest BCUT2D eigenvalue weighted by atomic mass is 16.4. The Morgan fingerprint density at radius 1 is 1.03 bits per heavy atom. The number of nitrogens with one attached hydrogen (secondary N) is 1. The second-order valence-electron chi connectivity index (χ2n) is 8.77. The van der Waals surface area contributed by atoms with Crippen LogP contribution in [-0.2, 0) is 6.54 Å². The fourth-order valence-electron chi connectivity index (χ4n) is 4.35. The van der Waals surface area contributed by atoms with Crippen LogP contribution < -0.4 is 15.1 Å². The number of benzene rings is 2. The van der Waals surface area contributed by atoms with E-state index in [0.29, 0.717) is 17.9 Å². The molecule has 2 aromatic carbocycles. The van der Waals surface area contributed by atoms with Crippen molar-refractivity contribution in [1.82, 2.24) is 10.3 Å². The maximum Gasteiger partial charge on any atom is 0.294 e. The largest absolute Gasteiger partial charge is 0.451 e. The molecule has 0 aliphatic carbocycles. The van der Waals surface area contributed by atoms with Crippen LogP contribution in [0.3, 0.4) is 0 Å². The number of carbonyl (C=O) groups excluding carboxylic acids is 1. The van der Waals surface area contributed by atoms with E-state index >= 15 is 0 Å². The van der Waals surface area contributed by atoms with Crippen molar-refractivity contribution in [2.75, 3.05) is 36.0 Å². The highest BCUT2D eigenvalue weighted by Crippen LogP contribution is 2.27. The number of hydrogen-bond donors (Lipinski definition) is 1. The molecular formula is C29H27N5O2. The fourth-order valence-corrected chi connectivity index (χ4v) is 4.35. The number of aryl methyl sites for hydroxylation is 1. The minimum Gasteiger partial charge on any atom is -0.451 e. The van der Waals surface area contributed by atoms with E-state index in [-0.39, 0.29) is 11.7 Å². The van der Waals surface area contributed by atoms with Crippen molar-refractivity contribution >= 4 is 17.3 Å². The summed E-state index contributed by atoms with van der Waals surface area (Å²) in [5.41, 5.74) is 4.99. The molecule has 0 spiro atoms. The molecule has 1 amide bonds. The molecule has 1 N–H and O–H groups in total. The molecule has 36 heavy (non-hydrogen) atoms. The minimum absolute atomic E-state index is 0.242. The first-order valence-electron chi connectivity index (χ1n) is 12.0. The zero-order chi connectivity index (χ0) is 24.9. The maximum atomic E-state index is 13.7. The fraction of sp³-hybridized carbons (Fsp3) is 0.207. The van der Waals surface area contributed by atoms with Crippen LogP contribution in [-0.4, -0.2) is 37.1 Å². The average molecular weight is 478 g/mol. The number of amides is 1. The Bertz CT molecular complexity index is 1380. The number of anilines is 2. The first-order chi connectivity index (χ1) is 17.6. The third-order valence-electron chi connectivity index (χ3n) is 6.27. The van der Waals surface area contributed by atoms with Gasteiger partial charge in [0.2, 0.25) is 0 Å². The Kier molecular flexibility index (Phi) is 6.78. The van der Waals surface area contributed by atoms with Gasteiger partial charge < -0.3 is 14.6 Å². The molecule has 7 heteroatoms. The van der Waals surface area contributed by atoms with Gasteiger partial charge in [-0.2, -0.15) is 5.26 Å². The standard InChI is InChI=1S/C29H27N5O2/c1-21-3-2-4-24(32-21)20-34(26-11-9-25(10-12-26)33-17-15-31-16-18-33)29(35)28-14-13-27(36-28)23-7-5-22(19-30)6-8-23/h2-14,31H,15-18,20H2,1H3. The number of nitrogens with zero attached hydrogens (tertiary/aromatic N) is 4. The van der Waals surface area contributed by atoms with E-state index in [2.05, 4.69) is 33.4 Å². The maximum absolute atomic E-state index is 13.7. The summed E-state index contributed by atoms with van der Waals surface area (Å²) in [6, 6.07) is 26.6. The van der Waals surface area contributed by atoms with E-state index in [4.69, 9.17) is 9.68 Å². The van der Waals surface area contributed by atoms with Crippen molar-refractivity contribution in [2.45, 2.75) is 13.5 Å². The van der Waals surface area contributed by atoms with Crippen molar-refractivity contribution in [3.8, 4) is 17.4 Å². The molecule has 0 atom stereocenters. The third-order valence-corrected chi connectivity index (χ3v) is 6.27. The van der Waals surface area contributed by atoms with Crippen molar-refractivity contribution in [1.29, 1.82) is 5.26 Å². The highest BCUT2D eigenvalue weighted by Gasteiger charge is 2.23. The Labute approximate surface area is 210 Å². The summed E-state index contributed by atoms with van der Waals surface area (Å²) in [7, 11) is 0. The van der Waals surface area contributed by atoms with Gasteiger partial charge in [-0.15, -0.1) is 0 Å². The summed E-state index contributed by atoms with van der Waals surface area (Å²) in [5, 5.41) is 12.4. The molecule has 4 aromatic rings. The van der Waals surface area contributed by atoms with Crippen molar-refractivity contribution in [3.63, 3.8) is 0 Å². The quantitative estimate of drug-likeness (QED) is 0.430. The molecule has 5 rings (SSSR count). The van der Waals surface area contributed by atoms with E-state index < -0.39 is 0 Å². The predicted octanol–water partition coefficient (Wildman–Crippen LogP) is 4.78. The van der Waals surface area contributed by atoms with Crippen LogP contribution in [0.2, 0.25) is 0 Å². The van der Waals surface area contributed by atoms with Gasteiger partial charge in [-0.3, -0.25) is 14.7 Å². The van der Waals surface area contributed by atoms with E-state index in [1.165, 1.54) is 0 Å². The lowest BCUT2D eigenvalue weighted by Crippen LogP contribution is -2.43. The molecule has 3 heterocycles. The third kappa shape index (κ3) is 5.14. The number of carbonyl (C=O) groups is 1. The number of hydrogen-bond acceptors (Lipinski definition) is 6. The Morgan fingerprint density at radius 3 is 2.47 bits per heavy atom. The van der Waals surface area contributed by atoms with Crippen molar-refractivity contribution in [2.24, 2.45) is 0 Å². The summed E-state index contributed by atoms with van der Waals surface area (Å²) in [4.78, 5) is 22.4. The van der Waals surface area contributed by atoms with E-state index in [9.17, 15) is 4.79 Å². The van der Waals surface area contributed by atoms with Crippen LogP contribution in [0, 0.1) is 18.3 Å². The summed E-state index contributed by atoms with van der Waals surface area (Å²) < 4.78 is 5.98. The first-order valence-corrected chi connectivity index (χ1v) is 12.0. The number of furan rings is 1. The number of piperazine rings is 1. The molecule has 180 valence electrons. The molecule has 1 aliphatic heterocycles. The molecule has 7 nitrogen and oxygen atoms in total. The molecule has 0 radical (unpaired) electrons. The monoisotopic (exact) mass is 477 g/mol. The van der Waals surface area contributed by atoms with Gasteiger partial charge in [-0.1, -0.05) is 6.07 Å². The summed E-state index contributed by atoms with van der Waals surface area (Å²) in [5.74, 6) is 0.576. The molecule has 1 saturated heterocycles. The Balaban J connectivity index is 1.43. The topological polar surface area (TPSA) is 85.4 Å². The number of pyridine rings is 1. The average Bonchev–Trinajstić information content (AvgIpc) is 3.43. The molecule has 0 unspecified atom stereocenters. The van der Waals surface area contributed by atoms with E-state index in [1.807, 2.05) is 49.4 Å². The van der Waals surface area contributed by atoms with Gasteiger partial charge in [0.05, 0.1) is 23.9 Å². The van der Waals surface area contributed by atoms with Crippen LogP contribution in [0.5, 0.6) is 0 Å². The van der Waals surface area contributed by atoms with Crippen molar-refractivity contribution < 1.29 is 9.21 Å². The van der Waals surface area contributed by atoms with Crippen LogP contribution in [0.1, 0.15) is 27.5 Å². The van der Waals surface area contributed by atoms with Gasteiger partial charge in [-0.05, 0) is 79.7 Å². The Morgan fingerprint density at radius 2 is 1.78 bits per heavy atom. The van der Waals surface area contributed by atoms with Crippen LogP contribution in [0.4, 0.5) is 11.4 Å². The van der Waals surface area contributed by atoms with Gasteiger partial charge in [0, 0.05) is 48.8 Å². The van der Waals surface area contributed by atoms with Gasteiger partial charge >= 0.3 is 0 Å². The Hall–Kier alpha value is -4.41.